The van der Waals surface area contributed by atoms with Crippen molar-refractivity contribution < 1.29 is 5.11 Å². The van der Waals surface area contributed by atoms with Gasteiger partial charge in [0, 0.05) is 0 Å². The number of hydrogen-bond donors (Lipinski definition) is 1. The van der Waals surface area contributed by atoms with Gasteiger partial charge in [0.1, 0.15) is 0 Å². The third kappa shape index (κ3) is 1.82. The predicted molar refractivity (Wildman–Crippen MR) is 49.9 cm³/mol. The van der Waals surface area contributed by atoms with Crippen molar-refractivity contribution in [3.63, 3.8) is 0 Å². The SMILES string of the molecule is CC1(O)CCCCC1CC1CC1. The van der Waals surface area contributed by atoms with Gasteiger partial charge in [-0.05, 0) is 38.0 Å². The minimum absolute atomic E-state index is 0.332. The van der Waals surface area contributed by atoms with Gasteiger partial charge in [-0.1, -0.05) is 25.7 Å². The van der Waals surface area contributed by atoms with Gasteiger partial charge >= 0.3 is 0 Å². The van der Waals surface area contributed by atoms with Gasteiger partial charge in [-0.2, -0.15) is 0 Å². The minimum atomic E-state index is -0.332. The number of aliphatic hydroxyl groups is 1. The van der Waals surface area contributed by atoms with E-state index in [9.17, 15) is 5.11 Å². The van der Waals surface area contributed by atoms with Crippen molar-refractivity contribution >= 4 is 0 Å². The zero-order valence-corrected chi connectivity index (χ0v) is 8.05. The molecule has 0 aromatic carbocycles. The van der Waals surface area contributed by atoms with Crippen LogP contribution in [0.5, 0.6) is 0 Å². The molecular weight excluding hydrogens is 148 g/mol. The smallest absolute Gasteiger partial charge is 0.0647 e. The molecule has 2 unspecified atom stereocenters. The summed E-state index contributed by atoms with van der Waals surface area (Å²) in [7, 11) is 0. The molecule has 2 aliphatic rings. The van der Waals surface area contributed by atoms with E-state index in [1.807, 2.05) is 6.92 Å². The largest absolute Gasteiger partial charge is 0.390 e. The Morgan fingerprint density at radius 1 is 1.25 bits per heavy atom. The topological polar surface area (TPSA) is 20.2 Å². The van der Waals surface area contributed by atoms with Crippen molar-refractivity contribution in [3.8, 4) is 0 Å². The zero-order chi connectivity index (χ0) is 8.60. The van der Waals surface area contributed by atoms with Gasteiger partial charge in [0.25, 0.3) is 0 Å². The molecule has 0 saturated heterocycles. The Bertz CT molecular complexity index is 158. The average Bonchev–Trinajstić information content (AvgIpc) is 2.77. The lowest BCUT2D eigenvalue weighted by Crippen LogP contribution is -2.37. The molecule has 12 heavy (non-hydrogen) atoms. The first-order valence-corrected chi connectivity index (χ1v) is 5.41. The van der Waals surface area contributed by atoms with Crippen LogP contribution in [0.3, 0.4) is 0 Å². The average molecular weight is 168 g/mol. The van der Waals surface area contributed by atoms with E-state index < -0.39 is 0 Å². The summed E-state index contributed by atoms with van der Waals surface area (Å²) in [6.45, 7) is 2.04. The summed E-state index contributed by atoms with van der Waals surface area (Å²) < 4.78 is 0. The maximum Gasteiger partial charge on any atom is 0.0647 e. The molecule has 2 fully saturated rings. The molecule has 0 heterocycles. The van der Waals surface area contributed by atoms with Crippen LogP contribution < -0.4 is 0 Å². The van der Waals surface area contributed by atoms with Gasteiger partial charge < -0.3 is 5.11 Å². The first kappa shape index (κ1) is 8.55. The lowest BCUT2D eigenvalue weighted by atomic mass is 9.74. The summed E-state index contributed by atoms with van der Waals surface area (Å²) in [5.74, 6) is 1.58. The molecule has 0 aliphatic heterocycles. The van der Waals surface area contributed by atoms with Gasteiger partial charge in [-0.3, -0.25) is 0 Å². The molecule has 1 nitrogen and oxygen atoms in total. The molecule has 0 aromatic heterocycles. The number of rotatable bonds is 2. The molecule has 0 amide bonds. The molecule has 0 spiro atoms. The predicted octanol–water partition coefficient (Wildman–Crippen LogP) is 2.73. The van der Waals surface area contributed by atoms with Crippen LogP contribution in [0.15, 0.2) is 0 Å². The molecule has 1 N–H and O–H groups in total. The first-order chi connectivity index (χ1) is 5.68. The van der Waals surface area contributed by atoms with Crippen molar-refractivity contribution in [2.45, 2.75) is 57.5 Å². The van der Waals surface area contributed by atoms with Crippen LogP contribution in [0.4, 0.5) is 0 Å². The summed E-state index contributed by atoms with van der Waals surface area (Å²) >= 11 is 0. The fraction of sp³-hybridized carbons (Fsp3) is 1.00. The molecule has 2 rings (SSSR count). The lowest BCUT2D eigenvalue weighted by Gasteiger charge is -2.37. The molecule has 0 aromatic rings. The van der Waals surface area contributed by atoms with E-state index in [4.69, 9.17) is 0 Å². The lowest BCUT2D eigenvalue weighted by molar-refractivity contribution is -0.0369. The van der Waals surface area contributed by atoms with Crippen LogP contribution in [0.1, 0.15) is 51.9 Å². The van der Waals surface area contributed by atoms with Crippen molar-refractivity contribution in [3.05, 3.63) is 0 Å². The molecule has 70 valence electrons. The Hall–Kier alpha value is -0.0400. The monoisotopic (exact) mass is 168 g/mol. The molecule has 0 bridgehead atoms. The molecule has 1 heteroatoms. The third-order valence-corrected chi connectivity index (χ3v) is 3.68. The van der Waals surface area contributed by atoms with Crippen LogP contribution in [0.25, 0.3) is 0 Å². The van der Waals surface area contributed by atoms with Crippen molar-refractivity contribution in [2.75, 3.05) is 0 Å². The highest BCUT2D eigenvalue weighted by atomic mass is 16.3. The molecule has 2 atom stereocenters. The first-order valence-electron chi connectivity index (χ1n) is 5.41. The molecular formula is C11H20O. The van der Waals surface area contributed by atoms with E-state index in [0.29, 0.717) is 5.92 Å². The van der Waals surface area contributed by atoms with Crippen molar-refractivity contribution in [1.82, 2.24) is 0 Å². The second kappa shape index (κ2) is 3.02. The molecule has 2 saturated carbocycles. The third-order valence-electron chi connectivity index (χ3n) is 3.68. The molecule has 0 radical (unpaired) electrons. The van der Waals surface area contributed by atoms with Gasteiger partial charge in [-0.15, -0.1) is 0 Å². The maximum absolute atomic E-state index is 10.1. The molecule has 2 aliphatic carbocycles. The van der Waals surface area contributed by atoms with Crippen LogP contribution >= 0.6 is 0 Å². The Morgan fingerprint density at radius 3 is 2.58 bits per heavy atom. The van der Waals surface area contributed by atoms with Gasteiger partial charge in [-0.25, -0.2) is 0 Å². The summed E-state index contributed by atoms with van der Waals surface area (Å²) in [5, 5.41) is 10.1. The standard InChI is InChI=1S/C11H20O/c1-11(12)7-3-2-4-10(11)8-9-5-6-9/h9-10,12H,2-8H2,1H3. The van der Waals surface area contributed by atoms with Crippen molar-refractivity contribution in [2.24, 2.45) is 11.8 Å². The van der Waals surface area contributed by atoms with Crippen LogP contribution in [-0.4, -0.2) is 10.7 Å². The Labute approximate surface area is 75.2 Å². The highest BCUT2D eigenvalue weighted by molar-refractivity contribution is 4.89. The van der Waals surface area contributed by atoms with E-state index in [2.05, 4.69) is 0 Å². The Balaban J connectivity index is 1.90. The Morgan fingerprint density at radius 2 is 2.00 bits per heavy atom. The van der Waals surface area contributed by atoms with Gasteiger partial charge in [0.05, 0.1) is 5.60 Å². The fourth-order valence-electron chi connectivity index (χ4n) is 2.52. The van der Waals surface area contributed by atoms with E-state index in [1.165, 1.54) is 38.5 Å². The highest BCUT2D eigenvalue weighted by Crippen LogP contribution is 2.43. The van der Waals surface area contributed by atoms with Gasteiger partial charge in [0.2, 0.25) is 0 Å². The normalized spacial score (nSPS) is 43.0. The van der Waals surface area contributed by atoms with Crippen LogP contribution in [-0.2, 0) is 0 Å². The second-order valence-corrected chi connectivity index (χ2v) is 4.98. The number of hydrogen-bond acceptors (Lipinski definition) is 1. The van der Waals surface area contributed by atoms with Crippen molar-refractivity contribution in [1.29, 1.82) is 0 Å². The van der Waals surface area contributed by atoms with Gasteiger partial charge in [0.15, 0.2) is 0 Å². The van der Waals surface area contributed by atoms with E-state index >= 15 is 0 Å². The second-order valence-electron chi connectivity index (χ2n) is 4.98. The van der Waals surface area contributed by atoms with E-state index in [1.54, 1.807) is 0 Å². The summed E-state index contributed by atoms with van der Waals surface area (Å²) in [6, 6.07) is 0. The highest BCUT2D eigenvalue weighted by Gasteiger charge is 2.37. The Kier molecular flexibility index (Phi) is 2.16. The minimum Gasteiger partial charge on any atom is -0.390 e. The van der Waals surface area contributed by atoms with E-state index in [0.717, 1.165) is 12.3 Å². The maximum atomic E-state index is 10.1. The van der Waals surface area contributed by atoms with Crippen LogP contribution in [0, 0.1) is 11.8 Å². The fourth-order valence-corrected chi connectivity index (χ4v) is 2.52. The quantitative estimate of drug-likeness (QED) is 0.672. The van der Waals surface area contributed by atoms with E-state index in [-0.39, 0.29) is 5.60 Å². The summed E-state index contributed by atoms with van der Waals surface area (Å²) in [4.78, 5) is 0. The summed E-state index contributed by atoms with van der Waals surface area (Å²) in [6.07, 6.45) is 9.02. The van der Waals surface area contributed by atoms with Crippen LogP contribution in [0.2, 0.25) is 0 Å². The summed E-state index contributed by atoms with van der Waals surface area (Å²) in [5.41, 5.74) is -0.332. The zero-order valence-electron chi connectivity index (χ0n) is 8.05.